The van der Waals surface area contributed by atoms with Crippen LogP contribution in [0.2, 0.25) is 0 Å². The molecule has 5 nitrogen and oxygen atoms in total. The second-order valence-electron chi connectivity index (χ2n) is 7.40. The van der Waals surface area contributed by atoms with Crippen LogP contribution in [0.15, 0.2) is 47.9 Å². The Bertz CT molecular complexity index is 935. The predicted molar refractivity (Wildman–Crippen MR) is 100 cm³/mol. The molecule has 1 unspecified atom stereocenters. The van der Waals surface area contributed by atoms with Crippen LogP contribution < -0.4 is 4.48 Å². The van der Waals surface area contributed by atoms with Crippen molar-refractivity contribution in [2.45, 2.75) is 39.5 Å². The van der Waals surface area contributed by atoms with Crippen molar-refractivity contribution in [3.63, 3.8) is 0 Å². The van der Waals surface area contributed by atoms with Crippen molar-refractivity contribution < 1.29 is 19.4 Å². The van der Waals surface area contributed by atoms with Gasteiger partial charge in [0.25, 0.3) is 11.7 Å². The van der Waals surface area contributed by atoms with Crippen LogP contribution in [-0.4, -0.2) is 30.0 Å². The zero-order chi connectivity index (χ0) is 18.7. The predicted octanol–water partition coefficient (Wildman–Crippen LogP) is 4.32. The Kier molecular flexibility index (Phi) is 3.57. The molecule has 26 heavy (non-hydrogen) atoms. The average molecular weight is 354 g/mol. The summed E-state index contributed by atoms with van der Waals surface area (Å²) < 4.78 is 11.5. The molecule has 4 rings (SSSR count). The van der Waals surface area contributed by atoms with E-state index in [1.165, 1.54) is 5.69 Å². The van der Waals surface area contributed by atoms with Crippen LogP contribution in [0.3, 0.4) is 0 Å². The summed E-state index contributed by atoms with van der Waals surface area (Å²) in [4.78, 5) is 12.9. The Labute approximate surface area is 153 Å². The Balaban J connectivity index is 2.03. The smallest absolute Gasteiger partial charge is 0.351 e. The maximum absolute atomic E-state index is 12.9. The van der Waals surface area contributed by atoms with E-state index in [-0.39, 0.29) is 17.6 Å². The molecular formula is C21H24NO4+. The Hall–Kier alpha value is -2.53. The van der Waals surface area contributed by atoms with E-state index in [1.807, 2.05) is 12.1 Å². The zero-order valence-electron chi connectivity index (χ0n) is 15.6. The third-order valence-corrected chi connectivity index (χ3v) is 5.72. The van der Waals surface area contributed by atoms with Crippen LogP contribution in [0.1, 0.15) is 39.3 Å². The fourth-order valence-corrected chi connectivity index (χ4v) is 4.59. The van der Waals surface area contributed by atoms with Crippen molar-refractivity contribution in [1.29, 1.82) is 0 Å². The fourth-order valence-electron chi connectivity index (χ4n) is 4.59. The SMILES string of the molecule is CC[N+]1(CC)c2cccc3cccc(c23)C1C1=C(O)OC(C)(C)OC1=O. The van der Waals surface area contributed by atoms with Gasteiger partial charge in [-0.1, -0.05) is 30.3 Å². The van der Waals surface area contributed by atoms with Gasteiger partial charge in [0.15, 0.2) is 11.6 Å². The molecule has 0 fully saturated rings. The highest BCUT2D eigenvalue weighted by Gasteiger charge is 2.53. The molecule has 0 bridgehead atoms. The van der Waals surface area contributed by atoms with Crippen molar-refractivity contribution in [2.75, 3.05) is 13.1 Å². The molecule has 1 N–H and O–H groups in total. The standard InChI is InChI=1S/C21H23NO4/c1-5-22(6-2)15-12-8-10-13-9-7-11-14(16(13)15)18(22)17-19(23)25-21(3,4)26-20(17)24/h7-12,18H,5-6H2,1-4H3/p+1. The van der Waals surface area contributed by atoms with E-state index in [0.29, 0.717) is 4.48 Å². The molecule has 0 radical (unpaired) electrons. The Morgan fingerprint density at radius 1 is 1.08 bits per heavy atom. The number of hydrogen-bond donors (Lipinski definition) is 1. The van der Waals surface area contributed by atoms with Gasteiger partial charge < -0.3 is 14.6 Å². The summed E-state index contributed by atoms with van der Waals surface area (Å²) in [6, 6.07) is 12.0. The summed E-state index contributed by atoms with van der Waals surface area (Å²) in [5.74, 6) is -2.01. The number of nitrogens with zero attached hydrogens (tertiary/aromatic N) is 1. The first kappa shape index (κ1) is 16.9. The molecular weight excluding hydrogens is 330 g/mol. The number of carbonyl (C=O) groups is 1. The molecule has 0 saturated heterocycles. The third-order valence-electron chi connectivity index (χ3n) is 5.72. The second kappa shape index (κ2) is 5.48. The first-order chi connectivity index (χ1) is 12.3. The first-order valence-corrected chi connectivity index (χ1v) is 9.09. The number of likely N-dealkylation sites (N-methyl/N-ethyl adjacent to an activating group) is 1. The van der Waals surface area contributed by atoms with Crippen molar-refractivity contribution >= 4 is 22.4 Å². The molecule has 2 aromatic rings. The van der Waals surface area contributed by atoms with Crippen LogP contribution in [0.4, 0.5) is 5.69 Å². The van der Waals surface area contributed by atoms with Gasteiger partial charge in [-0.3, -0.25) is 4.48 Å². The molecule has 0 aromatic heterocycles. The molecule has 2 aliphatic rings. The van der Waals surface area contributed by atoms with Gasteiger partial charge in [-0.15, -0.1) is 0 Å². The van der Waals surface area contributed by atoms with Gasteiger partial charge in [-0.2, -0.15) is 0 Å². The molecule has 0 amide bonds. The van der Waals surface area contributed by atoms with Crippen molar-refractivity contribution in [1.82, 2.24) is 4.48 Å². The van der Waals surface area contributed by atoms with Crippen molar-refractivity contribution in [2.24, 2.45) is 0 Å². The summed E-state index contributed by atoms with van der Waals surface area (Å²) in [5.41, 5.74) is 2.41. The lowest BCUT2D eigenvalue weighted by Crippen LogP contribution is -2.52. The maximum Gasteiger partial charge on any atom is 0.351 e. The number of esters is 1. The lowest BCUT2D eigenvalue weighted by Gasteiger charge is -2.41. The molecule has 0 aliphatic carbocycles. The van der Waals surface area contributed by atoms with Gasteiger partial charge in [0.1, 0.15) is 5.69 Å². The number of aliphatic hydroxyl groups is 1. The molecule has 2 aliphatic heterocycles. The van der Waals surface area contributed by atoms with Crippen LogP contribution in [0.5, 0.6) is 0 Å². The quantitative estimate of drug-likeness (QED) is 0.659. The molecule has 0 spiro atoms. The molecule has 1 atom stereocenters. The van der Waals surface area contributed by atoms with Gasteiger partial charge in [0.05, 0.1) is 18.5 Å². The average Bonchev–Trinajstić information content (AvgIpc) is 2.86. The lowest BCUT2D eigenvalue weighted by molar-refractivity contribution is -0.223. The number of ether oxygens (including phenoxy) is 2. The second-order valence-corrected chi connectivity index (χ2v) is 7.40. The molecule has 5 heteroatoms. The first-order valence-electron chi connectivity index (χ1n) is 9.09. The molecule has 136 valence electrons. The van der Waals surface area contributed by atoms with Gasteiger partial charge in [-0.05, 0) is 25.3 Å². The van der Waals surface area contributed by atoms with E-state index in [4.69, 9.17) is 9.47 Å². The summed E-state index contributed by atoms with van der Waals surface area (Å²) in [5, 5.41) is 12.9. The minimum Gasteiger partial charge on any atom is -0.480 e. The van der Waals surface area contributed by atoms with Crippen molar-refractivity contribution in [3.05, 3.63) is 53.5 Å². The number of rotatable bonds is 3. The van der Waals surface area contributed by atoms with Crippen LogP contribution >= 0.6 is 0 Å². The number of carbonyl (C=O) groups excluding carboxylic acids is 1. The van der Waals surface area contributed by atoms with Crippen molar-refractivity contribution in [3.8, 4) is 0 Å². The fraction of sp³-hybridized carbons (Fsp3) is 0.381. The summed E-state index contributed by atoms with van der Waals surface area (Å²) >= 11 is 0. The van der Waals surface area contributed by atoms with Crippen LogP contribution in [0.25, 0.3) is 10.8 Å². The number of aliphatic hydroxyl groups excluding tert-OH is 1. The highest BCUT2D eigenvalue weighted by atomic mass is 16.8. The monoisotopic (exact) mass is 354 g/mol. The third kappa shape index (κ3) is 2.10. The molecule has 0 saturated carbocycles. The van der Waals surface area contributed by atoms with E-state index in [1.54, 1.807) is 13.8 Å². The van der Waals surface area contributed by atoms with Crippen LogP contribution in [0, 0.1) is 0 Å². The summed E-state index contributed by atoms with van der Waals surface area (Å²) in [6.07, 6.45) is 0. The minimum atomic E-state index is -1.17. The lowest BCUT2D eigenvalue weighted by atomic mass is 9.95. The van der Waals surface area contributed by atoms with Gasteiger partial charge in [-0.25, -0.2) is 4.79 Å². The molecule has 2 aromatic carbocycles. The molecule has 2 heterocycles. The van der Waals surface area contributed by atoms with Gasteiger partial charge in [0.2, 0.25) is 0 Å². The van der Waals surface area contributed by atoms with E-state index in [2.05, 4.69) is 38.1 Å². The minimum absolute atomic E-state index is 0.205. The van der Waals surface area contributed by atoms with Gasteiger partial charge in [0, 0.05) is 19.4 Å². The summed E-state index contributed by atoms with van der Waals surface area (Å²) in [7, 11) is 0. The number of hydrogen-bond acceptors (Lipinski definition) is 4. The number of benzene rings is 2. The normalized spacial score (nSPS) is 23.1. The number of quaternary nitrogens is 1. The maximum atomic E-state index is 12.9. The van der Waals surface area contributed by atoms with E-state index < -0.39 is 11.8 Å². The van der Waals surface area contributed by atoms with Crippen LogP contribution in [-0.2, 0) is 14.3 Å². The largest absolute Gasteiger partial charge is 0.480 e. The van der Waals surface area contributed by atoms with E-state index >= 15 is 0 Å². The summed E-state index contributed by atoms with van der Waals surface area (Å²) in [6.45, 7) is 9.01. The Morgan fingerprint density at radius 3 is 2.35 bits per heavy atom. The number of cyclic esters (lactones) is 1. The highest BCUT2D eigenvalue weighted by Crippen LogP contribution is 2.53. The van der Waals surface area contributed by atoms with E-state index in [0.717, 1.165) is 29.4 Å². The van der Waals surface area contributed by atoms with Gasteiger partial charge >= 0.3 is 5.97 Å². The highest BCUT2D eigenvalue weighted by molar-refractivity contribution is 6.02. The topological polar surface area (TPSA) is 55.8 Å². The Morgan fingerprint density at radius 2 is 1.73 bits per heavy atom. The van der Waals surface area contributed by atoms with E-state index in [9.17, 15) is 9.90 Å². The zero-order valence-corrected chi connectivity index (χ0v) is 15.6.